The van der Waals surface area contributed by atoms with Crippen LogP contribution in [0.5, 0.6) is 5.75 Å². The summed E-state index contributed by atoms with van der Waals surface area (Å²) < 4.78 is 5.49. The van der Waals surface area contributed by atoms with E-state index in [0.717, 1.165) is 29.4 Å². The molecule has 102 valence electrons. The van der Waals surface area contributed by atoms with Crippen molar-refractivity contribution in [2.75, 3.05) is 13.6 Å². The highest BCUT2D eigenvalue weighted by Crippen LogP contribution is 2.29. The van der Waals surface area contributed by atoms with Crippen molar-refractivity contribution in [3.05, 3.63) is 30.0 Å². The van der Waals surface area contributed by atoms with Gasteiger partial charge in [-0.1, -0.05) is 19.9 Å². The van der Waals surface area contributed by atoms with Gasteiger partial charge in [0.2, 0.25) is 0 Å². The van der Waals surface area contributed by atoms with Crippen LogP contribution in [0.4, 0.5) is 0 Å². The number of hydrogen-bond acceptors (Lipinski definition) is 3. The normalized spacial score (nSPS) is 11.2. The Morgan fingerprint density at radius 3 is 2.89 bits per heavy atom. The number of rotatable bonds is 5. The number of benzene rings is 1. The summed E-state index contributed by atoms with van der Waals surface area (Å²) in [4.78, 5) is 15.0. The molecule has 1 aromatic heterocycles. The molecule has 4 nitrogen and oxygen atoms in total. The first-order valence-electron chi connectivity index (χ1n) is 6.58. The number of aromatic amines is 1. The van der Waals surface area contributed by atoms with Gasteiger partial charge in [0.05, 0.1) is 5.92 Å². The van der Waals surface area contributed by atoms with E-state index in [1.165, 1.54) is 0 Å². The number of likely N-dealkylation sites (N-methyl/N-ethyl adjacent to an activating group) is 1. The second kappa shape index (κ2) is 5.89. The summed E-state index contributed by atoms with van der Waals surface area (Å²) in [6, 6.07) is 5.73. The molecule has 0 aliphatic heterocycles. The highest BCUT2D eigenvalue weighted by atomic mass is 16.5. The maximum absolute atomic E-state index is 11.8. The molecule has 1 heterocycles. The highest BCUT2D eigenvalue weighted by Gasteiger charge is 2.14. The van der Waals surface area contributed by atoms with Crippen molar-refractivity contribution >= 4 is 16.9 Å². The lowest BCUT2D eigenvalue weighted by Crippen LogP contribution is -2.15. The van der Waals surface area contributed by atoms with Gasteiger partial charge in [-0.15, -0.1) is 0 Å². The van der Waals surface area contributed by atoms with Gasteiger partial charge >= 0.3 is 5.97 Å². The molecule has 0 unspecified atom stereocenters. The standard InChI is InChI=1S/C15H20N2O2/c1-10(2)15(18)19-13-6-4-5-12-14(13)11(9-17-12)7-8-16-3/h4-6,9-10,16-17H,7-8H2,1-3H3. The summed E-state index contributed by atoms with van der Waals surface area (Å²) >= 11 is 0. The third kappa shape index (κ3) is 2.96. The van der Waals surface area contributed by atoms with Crippen molar-refractivity contribution < 1.29 is 9.53 Å². The predicted octanol–water partition coefficient (Wildman–Crippen LogP) is 2.49. The molecule has 1 aromatic carbocycles. The lowest BCUT2D eigenvalue weighted by atomic mass is 10.1. The molecule has 0 radical (unpaired) electrons. The van der Waals surface area contributed by atoms with Crippen LogP contribution in [0.2, 0.25) is 0 Å². The first-order valence-corrected chi connectivity index (χ1v) is 6.58. The minimum atomic E-state index is -0.201. The van der Waals surface area contributed by atoms with Crippen molar-refractivity contribution in [1.29, 1.82) is 0 Å². The highest BCUT2D eigenvalue weighted by molar-refractivity contribution is 5.91. The van der Waals surface area contributed by atoms with Gasteiger partial charge in [0.25, 0.3) is 0 Å². The molecule has 2 rings (SSSR count). The molecule has 2 aromatic rings. The lowest BCUT2D eigenvalue weighted by Gasteiger charge is -2.09. The van der Waals surface area contributed by atoms with Gasteiger partial charge in [-0.25, -0.2) is 0 Å². The van der Waals surface area contributed by atoms with E-state index in [1.54, 1.807) is 0 Å². The van der Waals surface area contributed by atoms with Crippen LogP contribution in [-0.4, -0.2) is 24.5 Å². The SMILES string of the molecule is CNCCc1c[nH]c2cccc(OC(=O)C(C)C)c12. The number of carbonyl (C=O) groups is 1. The third-order valence-corrected chi connectivity index (χ3v) is 3.08. The van der Waals surface area contributed by atoms with Crippen molar-refractivity contribution in [3.8, 4) is 5.75 Å². The van der Waals surface area contributed by atoms with Crippen molar-refractivity contribution in [2.45, 2.75) is 20.3 Å². The molecule has 19 heavy (non-hydrogen) atoms. The number of esters is 1. The molecule has 2 N–H and O–H groups in total. The van der Waals surface area contributed by atoms with E-state index in [0.29, 0.717) is 5.75 Å². The zero-order chi connectivity index (χ0) is 13.8. The van der Waals surface area contributed by atoms with Crippen LogP contribution < -0.4 is 10.1 Å². The van der Waals surface area contributed by atoms with Crippen molar-refractivity contribution in [3.63, 3.8) is 0 Å². The third-order valence-electron chi connectivity index (χ3n) is 3.08. The molecule has 4 heteroatoms. The van der Waals surface area contributed by atoms with E-state index in [2.05, 4.69) is 10.3 Å². The van der Waals surface area contributed by atoms with Gasteiger partial charge in [0.15, 0.2) is 0 Å². The molecular weight excluding hydrogens is 240 g/mol. The quantitative estimate of drug-likeness (QED) is 0.641. The van der Waals surface area contributed by atoms with E-state index in [4.69, 9.17) is 4.74 Å². The topological polar surface area (TPSA) is 54.1 Å². The molecule has 0 spiro atoms. The molecule has 0 aliphatic carbocycles. The Bertz CT molecular complexity index is 573. The van der Waals surface area contributed by atoms with Crippen LogP contribution in [0.25, 0.3) is 10.9 Å². The summed E-state index contributed by atoms with van der Waals surface area (Å²) in [6.07, 6.45) is 2.88. The molecule has 0 saturated carbocycles. The Morgan fingerprint density at radius 1 is 1.42 bits per heavy atom. The lowest BCUT2D eigenvalue weighted by molar-refractivity contribution is -0.137. The number of fused-ring (bicyclic) bond motifs is 1. The smallest absolute Gasteiger partial charge is 0.313 e. The van der Waals surface area contributed by atoms with Gasteiger partial charge in [0, 0.05) is 17.1 Å². The number of aromatic nitrogens is 1. The zero-order valence-corrected chi connectivity index (χ0v) is 11.6. The summed E-state index contributed by atoms with van der Waals surface area (Å²) in [7, 11) is 1.93. The van der Waals surface area contributed by atoms with E-state index in [9.17, 15) is 4.79 Å². The van der Waals surface area contributed by atoms with Crippen LogP contribution in [-0.2, 0) is 11.2 Å². The molecule has 0 amide bonds. The fraction of sp³-hybridized carbons (Fsp3) is 0.400. The van der Waals surface area contributed by atoms with Gasteiger partial charge in [0.1, 0.15) is 5.75 Å². The fourth-order valence-corrected chi connectivity index (χ4v) is 1.99. The molecule has 0 saturated heterocycles. The largest absolute Gasteiger partial charge is 0.426 e. The van der Waals surface area contributed by atoms with E-state index in [1.807, 2.05) is 45.3 Å². The first-order chi connectivity index (χ1) is 9.13. The molecule has 0 bridgehead atoms. The zero-order valence-electron chi connectivity index (χ0n) is 11.6. The second-order valence-electron chi connectivity index (χ2n) is 4.92. The van der Waals surface area contributed by atoms with Gasteiger partial charge in [-0.2, -0.15) is 0 Å². The number of hydrogen-bond donors (Lipinski definition) is 2. The second-order valence-corrected chi connectivity index (χ2v) is 4.92. The van der Waals surface area contributed by atoms with Crippen molar-refractivity contribution in [1.82, 2.24) is 10.3 Å². The number of ether oxygens (including phenoxy) is 1. The van der Waals surface area contributed by atoms with Crippen LogP contribution in [0, 0.1) is 5.92 Å². The average molecular weight is 260 g/mol. The summed E-state index contributed by atoms with van der Waals surface area (Å²) in [5.74, 6) is 0.312. The molecule has 0 fully saturated rings. The van der Waals surface area contributed by atoms with E-state index in [-0.39, 0.29) is 11.9 Å². The maximum atomic E-state index is 11.8. The fourth-order valence-electron chi connectivity index (χ4n) is 1.99. The minimum Gasteiger partial charge on any atom is -0.426 e. The summed E-state index contributed by atoms with van der Waals surface area (Å²) in [6.45, 7) is 4.56. The van der Waals surface area contributed by atoms with Crippen LogP contribution in [0.3, 0.4) is 0 Å². The van der Waals surface area contributed by atoms with Crippen LogP contribution >= 0.6 is 0 Å². The first kappa shape index (κ1) is 13.6. The number of nitrogens with one attached hydrogen (secondary N) is 2. The van der Waals surface area contributed by atoms with E-state index < -0.39 is 0 Å². The predicted molar refractivity (Wildman–Crippen MR) is 76.4 cm³/mol. The maximum Gasteiger partial charge on any atom is 0.313 e. The van der Waals surface area contributed by atoms with Crippen LogP contribution in [0.1, 0.15) is 19.4 Å². The van der Waals surface area contributed by atoms with Gasteiger partial charge in [-0.05, 0) is 37.7 Å². The Hall–Kier alpha value is -1.81. The molecule has 0 atom stereocenters. The van der Waals surface area contributed by atoms with E-state index >= 15 is 0 Å². The summed E-state index contributed by atoms with van der Waals surface area (Å²) in [5, 5.41) is 4.13. The monoisotopic (exact) mass is 260 g/mol. The molecular formula is C15H20N2O2. The number of H-pyrrole nitrogens is 1. The van der Waals surface area contributed by atoms with Gasteiger partial charge in [-0.3, -0.25) is 4.79 Å². The Morgan fingerprint density at radius 2 is 2.21 bits per heavy atom. The van der Waals surface area contributed by atoms with Gasteiger partial charge < -0.3 is 15.0 Å². The summed E-state index contributed by atoms with van der Waals surface area (Å²) in [5.41, 5.74) is 2.16. The Labute approximate surface area is 113 Å². The Kier molecular flexibility index (Phi) is 4.22. The minimum absolute atomic E-state index is 0.130. The van der Waals surface area contributed by atoms with Crippen LogP contribution in [0.15, 0.2) is 24.4 Å². The Balaban J connectivity index is 2.36. The number of carbonyl (C=O) groups excluding carboxylic acids is 1. The molecule has 0 aliphatic rings. The van der Waals surface area contributed by atoms with Crippen molar-refractivity contribution in [2.24, 2.45) is 5.92 Å². The average Bonchev–Trinajstić information content (AvgIpc) is 2.80.